The highest BCUT2D eigenvalue weighted by atomic mass is 35.5. The van der Waals surface area contributed by atoms with Crippen LogP contribution in [0.25, 0.3) is 0 Å². The van der Waals surface area contributed by atoms with Gasteiger partial charge in [-0.2, -0.15) is 0 Å². The van der Waals surface area contributed by atoms with E-state index in [9.17, 15) is 4.79 Å². The number of benzene rings is 1. The number of carbonyl (C=O) groups is 1. The quantitative estimate of drug-likeness (QED) is 0.728. The van der Waals surface area contributed by atoms with Gasteiger partial charge in [-0.15, -0.1) is 0 Å². The molecule has 0 spiro atoms. The number of halogens is 1. The van der Waals surface area contributed by atoms with Crippen LogP contribution < -0.4 is 0 Å². The van der Waals surface area contributed by atoms with Crippen molar-refractivity contribution in [3.8, 4) is 0 Å². The van der Waals surface area contributed by atoms with Crippen LogP contribution in [0.1, 0.15) is 49.4 Å². The first-order valence-electron chi connectivity index (χ1n) is 7.23. The van der Waals surface area contributed by atoms with Crippen molar-refractivity contribution in [2.24, 2.45) is 0 Å². The Morgan fingerprint density at radius 3 is 2.47 bits per heavy atom. The van der Waals surface area contributed by atoms with E-state index < -0.39 is 0 Å². The largest absolute Gasteiger partial charge is 0.300 e. The Hall–Kier alpha value is -0.860. The summed E-state index contributed by atoms with van der Waals surface area (Å²) < 4.78 is 0. The maximum Gasteiger partial charge on any atom is 0.164 e. The van der Waals surface area contributed by atoms with E-state index in [2.05, 4.69) is 11.8 Å². The summed E-state index contributed by atoms with van der Waals surface area (Å²) in [4.78, 5) is 14.6. The Bertz CT molecular complexity index is 409. The van der Waals surface area contributed by atoms with Crippen LogP contribution in [0.3, 0.4) is 0 Å². The molecule has 0 atom stereocenters. The van der Waals surface area contributed by atoms with Crippen molar-refractivity contribution >= 4 is 17.4 Å². The molecule has 0 unspecified atom stereocenters. The predicted octanol–water partition coefficient (Wildman–Crippen LogP) is 4.18. The van der Waals surface area contributed by atoms with Gasteiger partial charge in [0.1, 0.15) is 0 Å². The molecule has 1 saturated carbocycles. The molecule has 2 rings (SSSR count). The molecular formula is C16H22ClNO. The number of nitrogens with zero attached hydrogens (tertiary/aromatic N) is 1. The van der Waals surface area contributed by atoms with E-state index in [0.29, 0.717) is 17.5 Å². The van der Waals surface area contributed by atoms with Crippen molar-refractivity contribution in [2.75, 3.05) is 13.1 Å². The molecule has 0 radical (unpaired) electrons. The first-order valence-corrected chi connectivity index (χ1v) is 7.61. The number of Topliss-reactive ketones (excluding diaryl/α,β-unsaturated/α-hetero) is 1. The molecule has 19 heavy (non-hydrogen) atoms. The van der Waals surface area contributed by atoms with Crippen LogP contribution in [-0.4, -0.2) is 29.8 Å². The zero-order valence-electron chi connectivity index (χ0n) is 11.6. The summed E-state index contributed by atoms with van der Waals surface area (Å²) in [6.07, 6.45) is 5.87. The molecule has 0 aliphatic heterocycles. The maximum atomic E-state index is 12.1. The fourth-order valence-electron chi connectivity index (χ4n) is 2.89. The second-order valence-electron chi connectivity index (χ2n) is 5.25. The fraction of sp³-hybridized carbons (Fsp3) is 0.562. The zero-order valence-corrected chi connectivity index (χ0v) is 12.3. The first-order chi connectivity index (χ1) is 9.20. The molecule has 1 aliphatic rings. The highest BCUT2D eigenvalue weighted by Gasteiger charge is 2.21. The molecule has 0 aromatic heterocycles. The van der Waals surface area contributed by atoms with Crippen LogP contribution >= 0.6 is 11.6 Å². The predicted molar refractivity (Wildman–Crippen MR) is 79.9 cm³/mol. The number of hydrogen-bond acceptors (Lipinski definition) is 2. The summed E-state index contributed by atoms with van der Waals surface area (Å²) in [5, 5.41) is 0.678. The lowest BCUT2D eigenvalue weighted by atomic mass is 10.1. The zero-order chi connectivity index (χ0) is 13.7. The molecular weight excluding hydrogens is 258 g/mol. The Labute approximate surface area is 120 Å². The highest BCUT2D eigenvalue weighted by Crippen LogP contribution is 2.23. The Morgan fingerprint density at radius 1 is 1.26 bits per heavy atom. The van der Waals surface area contributed by atoms with E-state index in [4.69, 9.17) is 11.6 Å². The van der Waals surface area contributed by atoms with Gasteiger partial charge in [0.05, 0.1) is 0 Å². The van der Waals surface area contributed by atoms with Gasteiger partial charge in [-0.25, -0.2) is 0 Å². The number of hydrogen-bond donors (Lipinski definition) is 0. The van der Waals surface area contributed by atoms with Gasteiger partial charge in [0.15, 0.2) is 5.78 Å². The van der Waals surface area contributed by atoms with E-state index in [-0.39, 0.29) is 5.78 Å². The van der Waals surface area contributed by atoms with Gasteiger partial charge in [0.2, 0.25) is 0 Å². The van der Waals surface area contributed by atoms with Crippen LogP contribution in [0.5, 0.6) is 0 Å². The Balaban J connectivity index is 1.86. The summed E-state index contributed by atoms with van der Waals surface area (Å²) in [6, 6.07) is 7.89. The smallest absolute Gasteiger partial charge is 0.164 e. The van der Waals surface area contributed by atoms with Crippen molar-refractivity contribution in [3.63, 3.8) is 0 Å². The fourth-order valence-corrected chi connectivity index (χ4v) is 3.02. The van der Waals surface area contributed by atoms with E-state index in [1.165, 1.54) is 25.7 Å². The van der Waals surface area contributed by atoms with Crippen LogP contribution in [-0.2, 0) is 0 Å². The molecule has 2 nitrogen and oxygen atoms in total. The molecule has 104 valence electrons. The summed E-state index contributed by atoms with van der Waals surface area (Å²) in [7, 11) is 0. The van der Waals surface area contributed by atoms with E-state index in [1.807, 2.05) is 12.1 Å². The van der Waals surface area contributed by atoms with E-state index in [0.717, 1.165) is 18.7 Å². The van der Waals surface area contributed by atoms with Gasteiger partial charge in [-0.05, 0) is 43.7 Å². The van der Waals surface area contributed by atoms with Crippen molar-refractivity contribution in [1.82, 2.24) is 4.90 Å². The average molecular weight is 280 g/mol. The van der Waals surface area contributed by atoms with E-state index >= 15 is 0 Å². The molecule has 0 N–H and O–H groups in total. The molecule has 0 heterocycles. The normalized spacial score (nSPS) is 16.2. The second-order valence-corrected chi connectivity index (χ2v) is 5.68. The minimum Gasteiger partial charge on any atom is -0.300 e. The third-order valence-electron chi connectivity index (χ3n) is 4.04. The van der Waals surface area contributed by atoms with Gasteiger partial charge in [0.25, 0.3) is 0 Å². The van der Waals surface area contributed by atoms with E-state index in [1.54, 1.807) is 12.1 Å². The van der Waals surface area contributed by atoms with Crippen LogP contribution in [0.4, 0.5) is 0 Å². The van der Waals surface area contributed by atoms with Crippen molar-refractivity contribution in [3.05, 3.63) is 34.9 Å². The number of carbonyl (C=O) groups excluding carboxylic acids is 1. The van der Waals surface area contributed by atoms with Crippen molar-refractivity contribution in [1.29, 1.82) is 0 Å². The molecule has 1 fully saturated rings. The Kier molecular flexibility index (Phi) is 5.41. The van der Waals surface area contributed by atoms with Crippen LogP contribution in [0, 0.1) is 0 Å². The monoisotopic (exact) mass is 279 g/mol. The second kappa shape index (κ2) is 7.06. The molecule has 0 amide bonds. The SMILES string of the molecule is CCN(CCC(=O)c1ccc(Cl)cc1)C1CCCC1. The lowest BCUT2D eigenvalue weighted by Crippen LogP contribution is -2.34. The van der Waals surface area contributed by atoms with Gasteiger partial charge in [-0.1, -0.05) is 31.4 Å². The van der Waals surface area contributed by atoms with Gasteiger partial charge in [0, 0.05) is 29.6 Å². The lowest BCUT2D eigenvalue weighted by Gasteiger charge is -2.27. The highest BCUT2D eigenvalue weighted by molar-refractivity contribution is 6.30. The summed E-state index contributed by atoms with van der Waals surface area (Å²) >= 11 is 5.83. The average Bonchev–Trinajstić information content (AvgIpc) is 2.94. The summed E-state index contributed by atoms with van der Waals surface area (Å²) in [5.41, 5.74) is 0.770. The maximum absolute atomic E-state index is 12.1. The van der Waals surface area contributed by atoms with Crippen molar-refractivity contribution in [2.45, 2.75) is 45.1 Å². The van der Waals surface area contributed by atoms with Crippen molar-refractivity contribution < 1.29 is 4.79 Å². The molecule has 0 saturated heterocycles. The van der Waals surface area contributed by atoms with Gasteiger partial charge < -0.3 is 4.90 Å². The lowest BCUT2D eigenvalue weighted by molar-refractivity contribution is 0.0953. The molecule has 3 heteroatoms. The minimum absolute atomic E-state index is 0.216. The standard InChI is InChI=1S/C16H22ClNO/c1-2-18(15-5-3-4-6-15)12-11-16(19)13-7-9-14(17)10-8-13/h7-10,15H,2-6,11-12H2,1H3. The number of ketones is 1. The third-order valence-corrected chi connectivity index (χ3v) is 4.29. The van der Waals surface area contributed by atoms with Gasteiger partial charge in [-0.3, -0.25) is 4.79 Å². The molecule has 1 aliphatic carbocycles. The molecule has 1 aromatic rings. The topological polar surface area (TPSA) is 20.3 Å². The number of rotatable bonds is 6. The minimum atomic E-state index is 0.216. The van der Waals surface area contributed by atoms with Crippen LogP contribution in [0.2, 0.25) is 5.02 Å². The molecule has 0 bridgehead atoms. The first kappa shape index (κ1) is 14.5. The summed E-state index contributed by atoms with van der Waals surface area (Å²) in [5.74, 6) is 0.216. The summed E-state index contributed by atoms with van der Waals surface area (Å²) in [6.45, 7) is 4.10. The Morgan fingerprint density at radius 2 is 1.89 bits per heavy atom. The third kappa shape index (κ3) is 4.05. The van der Waals surface area contributed by atoms with Crippen LogP contribution in [0.15, 0.2) is 24.3 Å². The molecule has 1 aromatic carbocycles. The van der Waals surface area contributed by atoms with Gasteiger partial charge >= 0.3 is 0 Å².